The van der Waals surface area contributed by atoms with Crippen LogP contribution in [0.1, 0.15) is 18.5 Å². The highest BCUT2D eigenvalue weighted by Crippen LogP contribution is 2.30. The molecule has 0 fully saturated rings. The molecule has 0 radical (unpaired) electrons. The molecule has 1 unspecified atom stereocenters. The highest BCUT2D eigenvalue weighted by molar-refractivity contribution is 9.10. The molecule has 3 aromatic rings. The fourth-order valence-electron chi connectivity index (χ4n) is 2.39. The average molecular weight is 362 g/mol. The Balaban J connectivity index is 1.94. The molecule has 1 aromatic heterocycles. The molecule has 0 saturated heterocycles. The molecule has 1 heterocycles. The Hall–Kier alpha value is -1.58. The van der Waals surface area contributed by atoms with E-state index in [9.17, 15) is 0 Å². The van der Waals surface area contributed by atoms with Crippen LogP contribution in [0.5, 0.6) is 0 Å². The second-order valence-electron chi connectivity index (χ2n) is 4.91. The summed E-state index contributed by atoms with van der Waals surface area (Å²) in [5.41, 5.74) is 3.12. The third-order valence-corrected chi connectivity index (χ3v) is 4.27. The molecule has 0 bridgehead atoms. The summed E-state index contributed by atoms with van der Waals surface area (Å²) in [5.74, 6) is 0. The molecule has 0 amide bonds. The minimum atomic E-state index is 0.108. The molecule has 2 nitrogen and oxygen atoms in total. The van der Waals surface area contributed by atoms with Crippen molar-refractivity contribution in [1.29, 1.82) is 0 Å². The predicted octanol–water partition coefficient (Wildman–Crippen LogP) is 5.82. The van der Waals surface area contributed by atoms with E-state index in [4.69, 9.17) is 11.6 Å². The van der Waals surface area contributed by atoms with Crippen molar-refractivity contribution in [2.75, 3.05) is 5.32 Å². The molecule has 3 rings (SSSR count). The number of pyridine rings is 1. The average Bonchev–Trinajstić information content (AvgIpc) is 2.47. The van der Waals surface area contributed by atoms with Crippen molar-refractivity contribution in [3.8, 4) is 0 Å². The van der Waals surface area contributed by atoms with Crippen LogP contribution in [0, 0.1) is 0 Å². The van der Waals surface area contributed by atoms with E-state index in [0.29, 0.717) is 0 Å². The van der Waals surface area contributed by atoms with Crippen LogP contribution in [-0.2, 0) is 0 Å². The van der Waals surface area contributed by atoms with E-state index in [-0.39, 0.29) is 6.04 Å². The number of aromatic nitrogens is 1. The molecule has 106 valence electrons. The quantitative estimate of drug-likeness (QED) is 0.635. The van der Waals surface area contributed by atoms with Crippen molar-refractivity contribution < 1.29 is 0 Å². The van der Waals surface area contributed by atoms with E-state index in [1.54, 1.807) is 6.20 Å². The number of nitrogens with zero attached hydrogens (tertiary/aromatic N) is 1. The molecule has 0 aliphatic heterocycles. The molecular weight excluding hydrogens is 348 g/mol. The van der Waals surface area contributed by atoms with Gasteiger partial charge < -0.3 is 5.32 Å². The summed E-state index contributed by atoms with van der Waals surface area (Å²) < 4.78 is 0.984. The van der Waals surface area contributed by atoms with Crippen LogP contribution in [-0.4, -0.2) is 4.98 Å². The number of rotatable bonds is 3. The minimum Gasteiger partial charge on any atom is -0.378 e. The van der Waals surface area contributed by atoms with Gasteiger partial charge in [-0.2, -0.15) is 0 Å². The van der Waals surface area contributed by atoms with Gasteiger partial charge in [-0.15, -0.1) is 0 Å². The van der Waals surface area contributed by atoms with Gasteiger partial charge in [0, 0.05) is 26.8 Å². The van der Waals surface area contributed by atoms with Gasteiger partial charge in [0.15, 0.2) is 0 Å². The Morgan fingerprint density at radius 3 is 2.81 bits per heavy atom. The summed E-state index contributed by atoms with van der Waals surface area (Å²) in [6, 6.07) is 16.2. The Morgan fingerprint density at radius 2 is 2.00 bits per heavy atom. The van der Waals surface area contributed by atoms with Crippen LogP contribution in [0.25, 0.3) is 10.9 Å². The summed E-state index contributed by atoms with van der Waals surface area (Å²) in [6.45, 7) is 2.10. The lowest BCUT2D eigenvalue weighted by Crippen LogP contribution is -2.07. The summed E-state index contributed by atoms with van der Waals surface area (Å²) in [7, 11) is 0. The predicted molar refractivity (Wildman–Crippen MR) is 92.9 cm³/mol. The first-order chi connectivity index (χ1) is 10.1. The maximum atomic E-state index is 6.33. The second kappa shape index (κ2) is 6.04. The van der Waals surface area contributed by atoms with Gasteiger partial charge in [-0.05, 0) is 48.9 Å². The first-order valence-corrected chi connectivity index (χ1v) is 7.87. The van der Waals surface area contributed by atoms with Crippen LogP contribution in [0.15, 0.2) is 59.2 Å². The molecule has 0 saturated carbocycles. The van der Waals surface area contributed by atoms with Gasteiger partial charge in [-0.3, -0.25) is 4.98 Å². The van der Waals surface area contributed by atoms with Crippen molar-refractivity contribution in [2.24, 2.45) is 0 Å². The lowest BCUT2D eigenvalue weighted by atomic mass is 10.1. The van der Waals surface area contributed by atoms with Crippen molar-refractivity contribution in [3.05, 3.63) is 69.8 Å². The van der Waals surface area contributed by atoms with E-state index in [2.05, 4.69) is 45.3 Å². The SMILES string of the molecule is CC(Nc1cccc2ncccc12)c1ccc(Br)cc1Cl. The smallest absolute Gasteiger partial charge is 0.0722 e. The van der Waals surface area contributed by atoms with E-state index in [1.807, 2.05) is 36.4 Å². The van der Waals surface area contributed by atoms with Gasteiger partial charge >= 0.3 is 0 Å². The highest BCUT2D eigenvalue weighted by Gasteiger charge is 2.11. The second-order valence-corrected chi connectivity index (χ2v) is 6.23. The Kier molecular flexibility index (Phi) is 4.13. The standard InChI is InChI=1S/C17H14BrClN2/c1-11(13-8-7-12(18)10-15(13)19)21-17-6-2-5-16-14(17)4-3-9-20-16/h2-11,21H,1H3. The van der Waals surface area contributed by atoms with Crippen molar-refractivity contribution in [1.82, 2.24) is 4.98 Å². The molecule has 0 spiro atoms. The first-order valence-electron chi connectivity index (χ1n) is 6.70. The van der Waals surface area contributed by atoms with Crippen LogP contribution >= 0.6 is 27.5 Å². The van der Waals surface area contributed by atoms with Gasteiger partial charge in [-0.1, -0.05) is 39.7 Å². The topological polar surface area (TPSA) is 24.9 Å². The van der Waals surface area contributed by atoms with Crippen LogP contribution in [0.4, 0.5) is 5.69 Å². The number of hydrogen-bond donors (Lipinski definition) is 1. The summed E-state index contributed by atoms with van der Waals surface area (Å²) >= 11 is 9.76. The normalized spacial score (nSPS) is 12.3. The maximum absolute atomic E-state index is 6.33. The first kappa shape index (κ1) is 14.4. The van der Waals surface area contributed by atoms with E-state index < -0.39 is 0 Å². The third kappa shape index (κ3) is 3.04. The van der Waals surface area contributed by atoms with Gasteiger partial charge in [0.05, 0.1) is 11.6 Å². The molecule has 1 atom stereocenters. The fraction of sp³-hybridized carbons (Fsp3) is 0.118. The number of anilines is 1. The monoisotopic (exact) mass is 360 g/mol. The molecule has 4 heteroatoms. The lowest BCUT2D eigenvalue weighted by Gasteiger charge is -2.18. The van der Waals surface area contributed by atoms with Crippen LogP contribution in [0.2, 0.25) is 5.02 Å². The fourth-order valence-corrected chi connectivity index (χ4v) is 3.23. The Labute approximate surface area is 137 Å². The summed E-state index contributed by atoms with van der Waals surface area (Å²) in [5, 5.41) is 5.39. The molecule has 21 heavy (non-hydrogen) atoms. The van der Waals surface area contributed by atoms with Crippen molar-refractivity contribution in [2.45, 2.75) is 13.0 Å². The molecule has 0 aliphatic rings. The Morgan fingerprint density at radius 1 is 1.14 bits per heavy atom. The minimum absolute atomic E-state index is 0.108. The zero-order valence-electron chi connectivity index (χ0n) is 11.5. The largest absolute Gasteiger partial charge is 0.378 e. The zero-order chi connectivity index (χ0) is 14.8. The number of halogens is 2. The van der Waals surface area contributed by atoms with E-state index >= 15 is 0 Å². The molecular formula is C17H14BrClN2. The lowest BCUT2D eigenvalue weighted by molar-refractivity contribution is 0.886. The van der Waals surface area contributed by atoms with Gasteiger partial charge in [0.2, 0.25) is 0 Å². The van der Waals surface area contributed by atoms with Gasteiger partial charge in [0.25, 0.3) is 0 Å². The van der Waals surface area contributed by atoms with E-state index in [1.165, 1.54) is 0 Å². The molecule has 0 aliphatic carbocycles. The van der Waals surface area contributed by atoms with Crippen molar-refractivity contribution >= 4 is 44.1 Å². The summed E-state index contributed by atoms with van der Waals surface area (Å²) in [6.07, 6.45) is 1.81. The third-order valence-electron chi connectivity index (χ3n) is 3.45. The van der Waals surface area contributed by atoms with Gasteiger partial charge in [0.1, 0.15) is 0 Å². The van der Waals surface area contributed by atoms with Crippen molar-refractivity contribution in [3.63, 3.8) is 0 Å². The highest BCUT2D eigenvalue weighted by atomic mass is 79.9. The van der Waals surface area contributed by atoms with E-state index in [0.717, 1.165) is 31.6 Å². The zero-order valence-corrected chi connectivity index (χ0v) is 13.8. The number of hydrogen-bond acceptors (Lipinski definition) is 2. The summed E-state index contributed by atoms with van der Waals surface area (Å²) in [4.78, 5) is 4.38. The van der Waals surface area contributed by atoms with Crippen LogP contribution in [0.3, 0.4) is 0 Å². The Bertz CT molecular complexity index is 783. The van der Waals surface area contributed by atoms with Crippen LogP contribution < -0.4 is 5.32 Å². The number of nitrogens with one attached hydrogen (secondary N) is 1. The molecule has 1 N–H and O–H groups in total. The number of fused-ring (bicyclic) bond motifs is 1. The number of benzene rings is 2. The van der Waals surface area contributed by atoms with Gasteiger partial charge in [-0.25, -0.2) is 0 Å². The maximum Gasteiger partial charge on any atom is 0.0722 e. The molecule has 2 aromatic carbocycles.